The Hall–Kier alpha value is -3.28. The van der Waals surface area contributed by atoms with Gasteiger partial charge in [0.05, 0.1) is 16.8 Å². The third-order valence-electron chi connectivity index (χ3n) is 4.02. The number of amides is 2. The van der Waals surface area contributed by atoms with Crippen LogP contribution in [0.25, 0.3) is 11.0 Å². The first kappa shape index (κ1) is 20.5. The van der Waals surface area contributed by atoms with E-state index < -0.39 is 39.1 Å². The van der Waals surface area contributed by atoms with Gasteiger partial charge in [0.2, 0.25) is 10.0 Å². The zero-order valence-electron chi connectivity index (χ0n) is 15.5. The maximum Gasteiger partial charge on any atom is 0.327 e. The van der Waals surface area contributed by atoms with Crippen LogP contribution in [0, 0.1) is 11.6 Å². The molecule has 3 rings (SSSR count). The number of fused-ring (bicyclic) bond motifs is 1. The number of rotatable bonds is 6. The molecular formula is C17H18F2N6O3S. The second-order valence-corrected chi connectivity index (χ2v) is 7.97. The highest BCUT2D eigenvalue weighted by Crippen LogP contribution is 2.28. The Labute approximate surface area is 165 Å². The summed E-state index contributed by atoms with van der Waals surface area (Å²) in [7, 11) is -2.43. The van der Waals surface area contributed by atoms with E-state index in [9.17, 15) is 22.0 Å². The van der Waals surface area contributed by atoms with Crippen LogP contribution in [-0.4, -0.2) is 42.2 Å². The van der Waals surface area contributed by atoms with Gasteiger partial charge >= 0.3 is 6.03 Å². The van der Waals surface area contributed by atoms with E-state index in [0.717, 1.165) is 17.0 Å². The Morgan fingerprint density at radius 3 is 2.72 bits per heavy atom. The van der Waals surface area contributed by atoms with E-state index in [1.54, 1.807) is 19.2 Å². The molecule has 0 aliphatic heterocycles. The van der Waals surface area contributed by atoms with E-state index >= 15 is 0 Å². The van der Waals surface area contributed by atoms with Crippen LogP contribution < -0.4 is 14.9 Å². The van der Waals surface area contributed by atoms with Crippen LogP contribution in [0.3, 0.4) is 0 Å². The van der Waals surface area contributed by atoms with Crippen molar-refractivity contribution in [1.29, 1.82) is 0 Å². The van der Waals surface area contributed by atoms with Gasteiger partial charge in [-0.3, -0.25) is 9.62 Å². The van der Waals surface area contributed by atoms with Crippen molar-refractivity contribution in [3.05, 3.63) is 42.4 Å². The second kappa shape index (κ2) is 7.99. The molecule has 0 aliphatic rings. The lowest BCUT2D eigenvalue weighted by Gasteiger charge is -2.19. The summed E-state index contributed by atoms with van der Waals surface area (Å²) in [6, 6.07) is 2.58. The summed E-state index contributed by atoms with van der Waals surface area (Å²) in [4.78, 5) is 24.5. The van der Waals surface area contributed by atoms with Crippen molar-refractivity contribution in [2.24, 2.45) is 0 Å². The van der Waals surface area contributed by atoms with E-state index in [2.05, 4.69) is 25.0 Å². The molecule has 0 aliphatic carbocycles. The fourth-order valence-electron chi connectivity index (χ4n) is 2.65. The number of benzene rings is 1. The molecule has 0 atom stereocenters. The first-order valence-electron chi connectivity index (χ1n) is 8.54. The van der Waals surface area contributed by atoms with Gasteiger partial charge in [0.25, 0.3) is 0 Å². The summed E-state index contributed by atoms with van der Waals surface area (Å²) >= 11 is 0. The van der Waals surface area contributed by atoms with Gasteiger partial charge in [0.1, 0.15) is 29.3 Å². The number of carbonyl (C=O) groups excluding carboxylic acids is 1. The van der Waals surface area contributed by atoms with Crippen molar-refractivity contribution in [2.45, 2.75) is 13.3 Å². The summed E-state index contributed by atoms with van der Waals surface area (Å²) < 4.78 is 54.7. The minimum Gasteiger partial charge on any atom is -0.346 e. The van der Waals surface area contributed by atoms with E-state index in [1.807, 2.05) is 0 Å². The highest BCUT2D eigenvalue weighted by Gasteiger charge is 2.22. The number of aromatic amines is 1. The first-order valence-corrected chi connectivity index (χ1v) is 10.2. The predicted molar refractivity (Wildman–Crippen MR) is 105 cm³/mol. The minimum atomic E-state index is -3.80. The Morgan fingerprint density at radius 1 is 1.24 bits per heavy atom. The average molecular weight is 424 g/mol. The van der Waals surface area contributed by atoms with E-state index in [1.165, 1.54) is 13.4 Å². The molecule has 2 heterocycles. The quantitative estimate of drug-likeness (QED) is 0.562. The van der Waals surface area contributed by atoms with Gasteiger partial charge in [-0.2, -0.15) is 0 Å². The first-order chi connectivity index (χ1) is 13.7. The molecule has 9 nitrogen and oxygen atoms in total. The number of hydrogen-bond acceptors (Lipinski definition) is 5. The zero-order valence-corrected chi connectivity index (χ0v) is 16.3. The minimum absolute atomic E-state index is 0.217. The van der Waals surface area contributed by atoms with Crippen LogP contribution in [0.1, 0.15) is 13.3 Å². The van der Waals surface area contributed by atoms with Crippen LogP contribution in [0.5, 0.6) is 0 Å². The zero-order chi connectivity index (χ0) is 21.2. The number of nitrogens with zero attached hydrogens (tertiary/aromatic N) is 3. The SMILES string of the molecule is CCCS(=O)(=O)Nc1ccc(F)c(NC(=O)N(C)c2ncnc3[nH]ccc23)c1F. The molecule has 2 amide bonds. The fraction of sp³-hybridized carbons (Fsp3) is 0.235. The van der Waals surface area contributed by atoms with Gasteiger partial charge in [0, 0.05) is 13.2 Å². The molecule has 2 aromatic heterocycles. The topological polar surface area (TPSA) is 120 Å². The third kappa shape index (κ3) is 4.26. The highest BCUT2D eigenvalue weighted by molar-refractivity contribution is 7.92. The Morgan fingerprint density at radius 2 is 2.00 bits per heavy atom. The van der Waals surface area contributed by atoms with E-state index in [0.29, 0.717) is 17.5 Å². The standard InChI is InChI=1S/C17H18F2N6O3S/c1-3-8-29(27,28)24-12-5-4-11(18)14(13(12)19)23-17(26)25(2)16-10-6-7-20-15(10)21-9-22-16/h4-7,9,24H,3,8H2,1-2H3,(H,23,26)(H,20,21,22). The van der Waals surface area contributed by atoms with Crippen LogP contribution in [-0.2, 0) is 10.0 Å². The van der Waals surface area contributed by atoms with E-state index in [4.69, 9.17) is 0 Å². The number of aromatic nitrogens is 3. The number of hydrogen-bond donors (Lipinski definition) is 3. The fourth-order valence-corrected chi connectivity index (χ4v) is 3.78. The van der Waals surface area contributed by atoms with E-state index in [-0.39, 0.29) is 11.6 Å². The van der Waals surface area contributed by atoms with Crippen molar-refractivity contribution >= 4 is 44.3 Å². The molecule has 0 radical (unpaired) electrons. The molecule has 154 valence electrons. The normalized spacial score (nSPS) is 11.4. The molecular weight excluding hydrogens is 406 g/mol. The molecule has 1 aromatic carbocycles. The van der Waals surface area contributed by atoms with Crippen LogP contribution >= 0.6 is 0 Å². The van der Waals surface area contributed by atoms with Crippen LogP contribution in [0.15, 0.2) is 30.7 Å². The number of carbonyl (C=O) groups is 1. The van der Waals surface area contributed by atoms with Gasteiger partial charge in [-0.25, -0.2) is 32.0 Å². The van der Waals surface area contributed by atoms with Crippen molar-refractivity contribution in [3.63, 3.8) is 0 Å². The number of H-pyrrole nitrogens is 1. The van der Waals surface area contributed by atoms with Crippen LogP contribution in [0.2, 0.25) is 0 Å². The molecule has 29 heavy (non-hydrogen) atoms. The number of nitrogens with one attached hydrogen (secondary N) is 3. The van der Waals surface area contributed by atoms with Crippen molar-refractivity contribution < 1.29 is 22.0 Å². The molecule has 0 bridgehead atoms. The Bertz CT molecular complexity index is 1170. The Balaban J connectivity index is 1.88. The van der Waals surface area contributed by atoms with Crippen molar-refractivity contribution in [2.75, 3.05) is 27.7 Å². The smallest absolute Gasteiger partial charge is 0.327 e. The molecule has 0 saturated carbocycles. The van der Waals surface area contributed by atoms with Gasteiger partial charge in [-0.15, -0.1) is 0 Å². The molecule has 3 N–H and O–H groups in total. The monoisotopic (exact) mass is 424 g/mol. The maximum absolute atomic E-state index is 14.7. The molecule has 0 spiro atoms. The largest absolute Gasteiger partial charge is 0.346 e. The molecule has 0 unspecified atom stereocenters. The predicted octanol–water partition coefficient (Wildman–Crippen LogP) is 3.06. The molecule has 0 fully saturated rings. The second-order valence-electron chi connectivity index (χ2n) is 6.13. The maximum atomic E-state index is 14.7. The number of urea groups is 1. The van der Waals surface area contributed by atoms with Crippen LogP contribution in [0.4, 0.5) is 30.8 Å². The molecule has 12 heteroatoms. The van der Waals surface area contributed by atoms with Gasteiger partial charge in [-0.05, 0) is 24.6 Å². The van der Waals surface area contributed by atoms with Gasteiger partial charge < -0.3 is 10.3 Å². The highest BCUT2D eigenvalue weighted by atomic mass is 32.2. The number of anilines is 3. The molecule has 0 saturated heterocycles. The summed E-state index contributed by atoms with van der Waals surface area (Å²) in [5.74, 6) is -2.30. The summed E-state index contributed by atoms with van der Waals surface area (Å²) in [5, 5.41) is 2.66. The number of halogens is 2. The van der Waals surface area contributed by atoms with Gasteiger partial charge in [-0.1, -0.05) is 6.92 Å². The van der Waals surface area contributed by atoms with Crippen molar-refractivity contribution in [3.8, 4) is 0 Å². The third-order valence-corrected chi connectivity index (χ3v) is 5.49. The van der Waals surface area contributed by atoms with Gasteiger partial charge in [0.15, 0.2) is 5.82 Å². The van der Waals surface area contributed by atoms with Crippen molar-refractivity contribution in [1.82, 2.24) is 15.0 Å². The average Bonchev–Trinajstić information content (AvgIpc) is 3.15. The summed E-state index contributed by atoms with van der Waals surface area (Å²) in [5.41, 5.74) is -0.759. The lowest BCUT2D eigenvalue weighted by atomic mass is 10.2. The lowest BCUT2D eigenvalue weighted by molar-refractivity contribution is 0.257. The summed E-state index contributed by atoms with van der Waals surface area (Å²) in [6.07, 6.45) is 3.17. The number of sulfonamides is 1. The summed E-state index contributed by atoms with van der Waals surface area (Å²) in [6.45, 7) is 1.65. The lowest BCUT2D eigenvalue weighted by Crippen LogP contribution is -2.32. The molecule has 3 aromatic rings. The Kier molecular flexibility index (Phi) is 5.64.